The van der Waals surface area contributed by atoms with Crippen LogP contribution in [-0.2, 0) is 12.8 Å². The van der Waals surface area contributed by atoms with Crippen molar-refractivity contribution in [2.75, 3.05) is 24.3 Å². The van der Waals surface area contributed by atoms with E-state index in [0.29, 0.717) is 18.2 Å². The first-order valence-corrected chi connectivity index (χ1v) is 15.1. The lowest BCUT2D eigenvalue weighted by molar-refractivity contribution is 0.102. The van der Waals surface area contributed by atoms with Gasteiger partial charge in [0.2, 0.25) is 0 Å². The van der Waals surface area contributed by atoms with Crippen LogP contribution >= 0.6 is 31.9 Å². The second-order valence-corrected chi connectivity index (χ2v) is 11.6. The third-order valence-corrected chi connectivity index (χ3v) is 8.40. The minimum Gasteiger partial charge on any atom is -0.493 e. The summed E-state index contributed by atoms with van der Waals surface area (Å²) in [5.74, 6) is 1.65. The quantitative estimate of drug-likeness (QED) is 0.198. The zero-order valence-electron chi connectivity index (χ0n) is 22.7. The summed E-state index contributed by atoms with van der Waals surface area (Å²) in [5.41, 5.74) is 12.0. The zero-order chi connectivity index (χ0) is 29.9. The Kier molecular flexibility index (Phi) is 8.40. The number of anilines is 2. The average Bonchev–Trinajstić information content (AvgIpc) is 3.66. The molecule has 7 rings (SSSR count). The third-order valence-electron chi connectivity index (χ3n) is 7.09. The molecule has 0 bridgehead atoms. The molecule has 2 aliphatic rings. The molecule has 1 amide bonds. The Morgan fingerprint density at radius 1 is 0.791 bits per heavy atom. The number of nitrogen functional groups attached to an aromatic ring is 1. The summed E-state index contributed by atoms with van der Waals surface area (Å²) >= 11 is 7.18. The molecule has 0 spiro atoms. The van der Waals surface area contributed by atoms with Crippen LogP contribution in [0, 0.1) is 5.82 Å². The fourth-order valence-electron chi connectivity index (χ4n) is 4.85. The number of carbonyl (C=O) groups excluding carboxylic acids is 1. The van der Waals surface area contributed by atoms with Crippen molar-refractivity contribution in [3.63, 3.8) is 0 Å². The largest absolute Gasteiger partial charge is 0.493 e. The highest BCUT2D eigenvalue weighted by molar-refractivity contribution is 9.11. The Morgan fingerprint density at radius 2 is 1.37 bits per heavy atom. The molecule has 3 aromatic carbocycles. The van der Waals surface area contributed by atoms with Gasteiger partial charge in [-0.05, 0) is 71.8 Å². The monoisotopic (exact) mass is 702 g/mol. The minimum absolute atomic E-state index is 0.0168. The number of carbonyl (C=O) groups is 1. The van der Waals surface area contributed by atoms with Crippen molar-refractivity contribution in [2.24, 2.45) is 0 Å². The molecular formula is C33H25Br2FN4O3. The van der Waals surface area contributed by atoms with Crippen molar-refractivity contribution in [3.8, 4) is 33.8 Å². The van der Waals surface area contributed by atoms with Gasteiger partial charge in [-0.3, -0.25) is 4.79 Å². The maximum Gasteiger partial charge on any atom is 0.259 e. The van der Waals surface area contributed by atoms with Gasteiger partial charge < -0.3 is 20.5 Å². The van der Waals surface area contributed by atoms with Crippen molar-refractivity contribution in [1.82, 2.24) is 9.97 Å². The summed E-state index contributed by atoms with van der Waals surface area (Å²) < 4.78 is 26.9. The minimum atomic E-state index is -0.566. The van der Waals surface area contributed by atoms with Crippen LogP contribution in [0.2, 0.25) is 0 Å². The molecule has 2 aromatic heterocycles. The van der Waals surface area contributed by atoms with E-state index in [9.17, 15) is 9.18 Å². The van der Waals surface area contributed by atoms with Crippen LogP contribution in [0.25, 0.3) is 22.3 Å². The fourth-order valence-corrected chi connectivity index (χ4v) is 6.09. The SMILES string of the molecule is Nc1ccc(-c2cc3c(cc2Br)CCO3)cn1.O=C(Nc1ccc(-c2cc3c(cc2Br)CCO3)cn1)c1ccccc1F. The lowest BCUT2D eigenvalue weighted by Crippen LogP contribution is -2.14. The van der Waals surface area contributed by atoms with Gasteiger partial charge in [0.15, 0.2) is 0 Å². The predicted octanol–water partition coefficient (Wildman–Crippen LogP) is 7.87. The summed E-state index contributed by atoms with van der Waals surface area (Å²) in [6.45, 7) is 1.47. The van der Waals surface area contributed by atoms with Crippen LogP contribution < -0.4 is 20.5 Å². The van der Waals surface area contributed by atoms with Crippen LogP contribution in [-0.4, -0.2) is 29.1 Å². The number of hydrogen-bond acceptors (Lipinski definition) is 6. The summed E-state index contributed by atoms with van der Waals surface area (Å²) in [4.78, 5) is 20.5. The number of nitrogens with one attached hydrogen (secondary N) is 1. The maximum absolute atomic E-state index is 13.7. The molecule has 0 aliphatic carbocycles. The number of nitrogens with two attached hydrogens (primary N) is 1. The van der Waals surface area contributed by atoms with E-state index < -0.39 is 11.7 Å². The number of rotatable bonds is 4. The Morgan fingerprint density at radius 3 is 1.91 bits per heavy atom. The first-order valence-electron chi connectivity index (χ1n) is 13.5. The Bertz CT molecular complexity index is 1820. The molecule has 10 heteroatoms. The van der Waals surface area contributed by atoms with E-state index in [2.05, 4.69) is 65.3 Å². The number of nitrogens with zero attached hydrogens (tertiary/aromatic N) is 2. The standard InChI is InChI=1S/C20H14BrFN2O2.C13H11BrN2O/c21-16-9-12-7-8-26-18(12)10-15(16)13-5-6-19(23-11-13)24-20(25)14-3-1-2-4-17(14)22;14-11-5-8-3-4-17-12(8)6-10(11)9-1-2-13(15)16-7-9/h1-6,9-11H,7-8H2,(H,23,24,25);1-2,5-7H,3-4H2,(H2,15,16). The number of halogens is 3. The summed E-state index contributed by atoms with van der Waals surface area (Å²) in [7, 11) is 0. The van der Waals surface area contributed by atoms with Crippen LogP contribution in [0.3, 0.4) is 0 Å². The Hall–Kier alpha value is -4.28. The van der Waals surface area contributed by atoms with Crippen LogP contribution in [0.5, 0.6) is 11.5 Å². The molecular weight excluding hydrogens is 679 g/mol. The molecule has 2 aliphatic heterocycles. The van der Waals surface area contributed by atoms with E-state index in [-0.39, 0.29) is 5.56 Å². The first-order chi connectivity index (χ1) is 20.9. The second-order valence-electron chi connectivity index (χ2n) is 9.91. The average molecular weight is 704 g/mol. The van der Waals surface area contributed by atoms with E-state index in [1.165, 1.54) is 29.3 Å². The van der Waals surface area contributed by atoms with Gasteiger partial charge in [-0.15, -0.1) is 0 Å². The number of fused-ring (bicyclic) bond motifs is 2. The molecule has 0 saturated heterocycles. The smallest absolute Gasteiger partial charge is 0.259 e. The predicted molar refractivity (Wildman–Crippen MR) is 172 cm³/mol. The Balaban J connectivity index is 0.000000167. The third kappa shape index (κ3) is 6.40. The van der Waals surface area contributed by atoms with Crippen molar-refractivity contribution < 1.29 is 18.7 Å². The number of pyridine rings is 2. The van der Waals surface area contributed by atoms with E-state index >= 15 is 0 Å². The van der Waals surface area contributed by atoms with Gasteiger partial charge in [0.25, 0.3) is 5.91 Å². The molecule has 3 N–H and O–H groups in total. The van der Waals surface area contributed by atoms with Gasteiger partial charge in [0, 0.05) is 56.4 Å². The number of ether oxygens (including phenoxy) is 2. The van der Waals surface area contributed by atoms with Crippen molar-refractivity contribution >= 4 is 49.4 Å². The second kappa shape index (κ2) is 12.5. The van der Waals surface area contributed by atoms with Gasteiger partial charge in [0.1, 0.15) is 29.0 Å². The van der Waals surface area contributed by atoms with Crippen molar-refractivity contribution in [1.29, 1.82) is 0 Å². The number of aromatic nitrogens is 2. The van der Waals surface area contributed by atoms with Gasteiger partial charge in [0.05, 0.1) is 18.8 Å². The van der Waals surface area contributed by atoms with Crippen LogP contribution in [0.15, 0.2) is 94.1 Å². The highest BCUT2D eigenvalue weighted by Gasteiger charge is 2.18. The molecule has 4 heterocycles. The number of hydrogen-bond donors (Lipinski definition) is 2. The lowest BCUT2D eigenvalue weighted by atomic mass is 10.0. The maximum atomic E-state index is 13.7. The van der Waals surface area contributed by atoms with E-state index in [0.717, 1.165) is 62.1 Å². The number of amides is 1. The molecule has 0 atom stereocenters. The molecule has 7 nitrogen and oxygen atoms in total. The fraction of sp³-hybridized carbons (Fsp3) is 0.121. The highest BCUT2D eigenvalue weighted by Crippen LogP contribution is 2.38. The topological polar surface area (TPSA) is 99.4 Å². The molecule has 5 aromatic rings. The molecule has 0 saturated carbocycles. The van der Waals surface area contributed by atoms with Crippen molar-refractivity contribution in [3.05, 3.63) is 117 Å². The summed E-state index contributed by atoms with van der Waals surface area (Å²) in [6, 6.07) is 21.4. The van der Waals surface area contributed by atoms with E-state index in [1.807, 2.05) is 18.2 Å². The van der Waals surface area contributed by atoms with Crippen LogP contribution in [0.4, 0.5) is 16.0 Å². The zero-order valence-corrected chi connectivity index (χ0v) is 25.9. The summed E-state index contributed by atoms with van der Waals surface area (Å²) in [5, 5.41) is 2.61. The van der Waals surface area contributed by atoms with Crippen LogP contribution in [0.1, 0.15) is 21.5 Å². The Labute approximate surface area is 264 Å². The van der Waals surface area contributed by atoms with E-state index in [1.54, 1.807) is 30.6 Å². The van der Waals surface area contributed by atoms with Gasteiger partial charge in [-0.1, -0.05) is 44.0 Å². The van der Waals surface area contributed by atoms with Gasteiger partial charge in [-0.2, -0.15) is 0 Å². The molecule has 0 fully saturated rings. The first kappa shape index (κ1) is 28.8. The lowest BCUT2D eigenvalue weighted by Gasteiger charge is -2.09. The normalized spacial score (nSPS) is 12.7. The number of benzene rings is 3. The van der Waals surface area contributed by atoms with E-state index in [4.69, 9.17) is 15.2 Å². The molecule has 0 radical (unpaired) electrons. The molecule has 216 valence electrons. The highest BCUT2D eigenvalue weighted by atomic mass is 79.9. The van der Waals surface area contributed by atoms with Gasteiger partial charge >= 0.3 is 0 Å². The van der Waals surface area contributed by atoms with Gasteiger partial charge in [-0.25, -0.2) is 14.4 Å². The molecule has 43 heavy (non-hydrogen) atoms. The molecule has 0 unspecified atom stereocenters. The van der Waals surface area contributed by atoms with Crippen molar-refractivity contribution in [2.45, 2.75) is 12.8 Å². The summed E-state index contributed by atoms with van der Waals surface area (Å²) in [6.07, 6.45) is 5.33.